The van der Waals surface area contributed by atoms with E-state index >= 15 is 0 Å². The van der Waals surface area contributed by atoms with Gasteiger partial charge in [-0.25, -0.2) is 0 Å². The Kier molecular flexibility index (Phi) is 6.63. The molecule has 1 amide bonds. The lowest BCUT2D eigenvalue weighted by Crippen LogP contribution is -2.47. The van der Waals surface area contributed by atoms with Crippen LogP contribution in [-0.4, -0.2) is 69.2 Å². The monoisotopic (exact) mass is 315 g/mol. The molecule has 7 nitrogen and oxygen atoms in total. The lowest BCUT2D eigenvalue weighted by molar-refractivity contribution is -0.119. The van der Waals surface area contributed by atoms with E-state index in [1.54, 1.807) is 13.3 Å². The van der Waals surface area contributed by atoms with Gasteiger partial charge in [0.1, 0.15) is 6.33 Å². The first kappa shape index (κ1) is 17.9. The molecule has 0 aliphatic carbocycles. The predicted molar refractivity (Wildman–Crippen MR) is 83.3 cm³/mol. The fourth-order valence-corrected chi connectivity index (χ4v) is 2.77. The molecular weight excluding hydrogens is 290 g/mol. The van der Waals surface area contributed by atoms with E-state index in [4.69, 9.17) is 0 Å². The van der Waals surface area contributed by atoms with Crippen molar-refractivity contribution in [2.24, 2.45) is 0 Å². The highest BCUT2D eigenvalue weighted by Gasteiger charge is 2.22. The van der Waals surface area contributed by atoms with Gasteiger partial charge in [-0.05, 0) is 34.9 Å². The zero-order valence-corrected chi connectivity index (χ0v) is 14.1. The second kappa shape index (κ2) is 7.77. The summed E-state index contributed by atoms with van der Waals surface area (Å²) in [5, 5.41) is 21.4. The number of hydrogen-bond acceptors (Lipinski definition) is 6. The number of aromatic nitrogens is 3. The first-order chi connectivity index (χ1) is 9.71. The molecule has 0 fully saturated rings. The van der Waals surface area contributed by atoms with Crippen LogP contribution in [0.3, 0.4) is 0 Å². The van der Waals surface area contributed by atoms with Crippen molar-refractivity contribution in [3.05, 3.63) is 6.33 Å². The average Bonchev–Trinajstić information content (AvgIpc) is 2.80. The fourth-order valence-electron chi connectivity index (χ4n) is 1.90. The van der Waals surface area contributed by atoms with Crippen molar-refractivity contribution in [3.8, 4) is 0 Å². The molecule has 0 aliphatic heterocycles. The van der Waals surface area contributed by atoms with E-state index < -0.39 is 5.60 Å². The Labute approximate surface area is 130 Å². The van der Waals surface area contributed by atoms with Crippen LogP contribution in [0.2, 0.25) is 0 Å². The quantitative estimate of drug-likeness (QED) is 0.675. The number of likely N-dealkylation sites (N-methyl/N-ethyl adjacent to an activating group) is 1. The summed E-state index contributed by atoms with van der Waals surface area (Å²) in [7, 11) is 3.76. The lowest BCUT2D eigenvalue weighted by atomic mass is 10.1. The van der Waals surface area contributed by atoms with Crippen LogP contribution in [0, 0.1) is 0 Å². The summed E-state index contributed by atoms with van der Waals surface area (Å²) < 4.78 is 1.92. The number of nitrogens with one attached hydrogen (secondary N) is 1. The zero-order chi connectivity index (χ0) is 16.0. The van der Waals surface area contributed by atoms with Crippen LogP contribution in [-0.2, 0) is 4.79 Å². The Bertz CT molecular complexity index is 459. The van der Waals surface area contributed by atoms with Gasteiger partial charge in [0.15, 0.2) is 5.16 Å². The van der Waals surface area contributed by atoms with Gasteiger partial charge in [-0.15, -0.1) is 10.2 Å². The second-order valence-electron chi connectivity index (χ2n) is 5.91. The zero-order valence-electron chi connectivity index (χ0n) is 13.3. The standard InChI is InChI=1S/C13H25N5O2S/c1-10(2)18-9-15-16-12(18)21-6-11(19)14-7-13(3,20)8-17(4)5/h9-10,20H,6-8H2,1-5H3,(H,14,19). The molecule has 0 saturated carbocycles. The van der Waals surface area contributed by atoms with Gasteiger partial charge in [0.25, 0.3) is 0 Å². The molecule has 1 unspecified atom stereocenters. The van der Waals surface area contributed by atoms with Crippen molar-refractivity contribution in [1.29, 1.82) is 0 Å². The number of thioether (sulfide) groups is 1. The summed E-state index contributed by atoms with van der Waals surface area (Å²) in [6.45, 7) is 6.48. The Morgan fingerprint density at radius 3 is 2.81 bits per heavy atom. The first-order valence-electron chi connectivity index (χ1n) is 6.87. The summed E-state index contributed by atoms with van der Waals surface area (Å²) in [4.78, 5) is 13.7. The third kappa shape index (κ3) is 6.45. The first-order valence-corrected chi connectivity index (χ1v) is 7.86. The van der Waals surface area contributed by atoms with Crippen molar-refractivity contribution in [2.45, 2.75) is 37.6 Å². The maximum Gasteiger partial charge on any atom is 0.230 e. The molecule has 0 spiro atoms. The summed E-state index contributed by atoms with van der Waals surface area (Å²) in [5.74, 6) is 0.126. The smallest absolute Gasteiger partial charge is 0.230 e. The molecule has 1 aromatic heterocycles. The van der Waals surface area contributed by atoms with Gasteiger partial charge in [-0.2, -0.15) is 0 Å². The Hall–Kier alpha value is -1.12. The van der Waals surface area contributed by atoms with Crippen molar-refractivity contribution in [2.75, 3.05) is 32.9 Å². The van der Waals surface area contributed by atoms with Crippen molar-refractivity contribution >= 4 is 17.7 Å². The fraction of sp³-hybridized carbons (Fsp3) is 0.769. The minimum atomic E-state index is -0.943. The molecule has 0 radical (unpaired) electrons. The van der Waals surface area contributed by atoms with Crippen molar-refractivity contribution in [1.82, 2.24) is 25.0 Å². The highest BCUT2D eigenvalue weighted by atomic mass is 32.2. The highest BCUT2D eigenvalue weighted by molar-refractivity contribution is 7.99. The molecule has 0 aromatic carbocycles. The topological polar surface area (TPSA) is 83.3 Å². The Morgan fingerprint density at radius 2 is 2.24 bits per heavy atom. The van der Waals surface area contributed by atoms with Gasteiger partial charge >= 0.3 is 0 Å². The molecule has 1 rings (SSSR count). The van der Waals surface area contributed by atoms with Crippen molar-refractivity contribution < 1.29 is 9.90 Å². The van der Waals surface area contributed by atoms with Gasteiger partial charge in [-0.3, -0.25) is 4.79 Å². The molecule has 8 heteroatoms. The maximum atomic E-state index is 11.8. The summed E-state index contributed by atoms with van der Waals surface area (Å²) in [6, 6.07) is 0.256. The van der Waals surface area contributed by atoms with Gasteiger partial charge in [0, 0.05) is 19.1 Å². The molecule has 1 aromatic rings. The predicted octanol–water partition coefficient (Wildman–Crippen LogP) is 0.380. The number of carbonyl (C=O) groups is 1. The molecule has 120 valence electrons. The number of rotatable bonds is 8. The normalized spacial score (nSPS) is 14.5. The molecule has 2 N–H and O–H groups in total. The van der Waals surface area contributed by atoms with E-state index in [-0.39, 0.29) is 24.2 Å². The second-order valence-corrected chi connectivity index (χ2v) is 6.86. The molecule has 0 saturated heterocycles. The van der Waals surface area contributed by atoms with Crippen molar-refractivity contribution in [3.63, 3.8) is 0 Å². The van der Waals surface area contributed by atoms with Gasteiger partial charge < -0.3 is 19.9 Å². The molecule has 0 bridgehead atoms. The summed E-state index contributed by atoms with van der Waals surface area (Å²) >= 11 is 1.34. The molecule has 21 heavy (non-hydrogen) atoms. The molecule has 1 heterocycles. The summed E-state index contributed by atoms with van der Waals surface area (Å²) in [6.07, 6.45) is 1.66. The lowest BCUT2D eigenvalue weighted by Gasteiger charge is -2.27. The minimum Gasteiger partial charge on any atom is -0.387 e. The van der Waals surface area contributed by atoms with E-state index in [1.165, 1.54) is 11.8 Å². The van der Waals surface area contributed by atoms with Gasteiger partial charge in [0.05, 0.1) is 11.4 Å². The highest BCUT2D eigenvalue weighted by Crippen LogP contribution is 2.18. The van der Waals surface area contributed by atoms with Gasteiger partial charge in [0.2, 0.25) is 5.91 Å². The average molecular weight is 315 g/mol. The molecular formula is C13H25N5O2S. The molecule has 0 aliphatic rings. The third-order valence-electron chi connectivity index (χ3n) is 2.75. The molecule has 1 atom stereocenters. The maximum absolute atomic E-state index is 11.8. The number of hydrogen-bond donors (Lipinski definition) is 2. The van der Waals surface area contributed by atoms with E-state index in [1.807, 2.05) is 37.4 Å². The van der Waals surface area contributed by atoms with E-state index in [2.05, 4.69) is 15.5 Å². The van der Waals surface area contributed by atoms with Gasteiger partial charge in [-0.1, -0.05) is 11.8 Å². The van der Waals surface area contributed by atoms with E-state index in [0.717, 1.165) is 5.16 Å². The SMILES string of the molecule is CC(C)n1cnnc1SCC(=O)NCC(C)(O)CN(C)C. The van der Waals surface area contributed by atoms with Crippen LogP contribution < -0.4 is 5.32 Å². The number of aliphatic hydroxyl groups is 1. The Morgan fingerprint density at radius 1 is 1.57 bits per heavy atom. The number of amides is 1. The Balaban J connectivity index is 2.39. The van der Waals surface area contributed by atoms with E-state index in [9.17, 15) is 9.90 Å². The third-order valence-corrected chi connectivity index (χ3v) is 3.71. The van der Waals surface area contributed by atoms with Crippen LogP contribution in [0.15, 0.2) is 11.5 Å². The van der Waals surface area contributed by atoms with E-state index in [0.29, 0.717) is 6.54 Å². The van der Waals surface area contributed by atoms with Crippen LogP contribution in [0.5, 0.6) is 0 Å². The largest absolute Gasteiger partial charge is 0.387 e. The van der Waals surface area contributed by atoms with Crippen LogP contribution in [0.4, 0.5) is 0 Å². The van der Waals surface area contributed by atoms with Crippen LogP contribution in [0.25, 0.3) is 0 Å². The number of nitrogens with zero attached hydrogens (tertiary/aromatic N) is 4. The minimum absolute atomic E-state index is 0.127. The number of carbonyl (C=O) groups excluding carboxylic acids is 1. The van der Waals surface area contributed by atoms with Crippen LogP contribution >= 0.6 is 11.8 Å². The van der Waals surface area contributed by atoms with Crippen LogP contribution in [0.1, 0.15) is 26.8 Å². The summed E-state index contributed by atoms with van der Waals surface area (Å²) in [5.41, 5.74) is -0.943.